The van der Waals surface area contributed by atoms with Crippen LogP contribution in [-0.2, 0) is 16.9 Å². The normalized spacial score (nSPS) is 18.2. The lowest BCUT2D eigenvalue weighted by molar-refractivity contribution is -0.385. The van der Waals surface area contributed by atoms with Crippen LogP contribution in [0, 0.1) is 10.1 Å². The van der Waals surface area contributed by atoms with Crippen LogP contribution in [0.3, 0.4) is 0 Å². The molecule has 31 heavy (non-hydrogen) atoms. The number of amides is 3. The Balaban J connectivity index is 1.55. The molecule has 1 fully saturated rings. The van der Waals surface area contributed by atoms with Gasteiger partial charge in [-0.3, -0.25) is 19.8 Å². The first-order chi connectivity index (χ1) is 14.8. The van der Waals surface area contributed by atoms with Gasteiger partial charge < -0.3 is 14.6 Å². The minimum absolute atomic E-state index is 0.0672. The Morgan fingerprint density at radius 3 is 2.65 bits per heavy atom. The summed E-state index contributed by atoms with van der Waals surface area (Å²) >= 11 is 0. The van der Waals surface area contributed by atoms with Crippen molar-refractivity contribution in [3.05, 3.63) is 70.1 Å². The number of aromatic nitrogens is 2. The molecule has 1 aromatic heterocycles. The molecule has 1 N–H and O–H groups in total. The summed E-state index contributed by atoms with van der Waals surface area (Å²) in [5.41, 5.74) is -0.663. The number of benzene rings is 2. The third-order valence-corrected chi connectivity index (χ3v) is 5.02. The molecule has 1 saturated heterocycles. The lowest BCUT2D eigenvalue weighted by Crippen LogP contribution is -2.40. The molecular formula is C20H17N5O6. The summed E-state index contributed by atoms with van der Waals surface area (Å²) in [6.45, 7) is 1.25. The number of hydrogen-bond donors (Lipinski definition) is 1. The van der Waals surface area contributed by atoms with E-state index in [0.717, 1.165) is 4.90 Å². The van der Waals surface area contributed by atoms with Gasteiger partial charge >= 0.3 is 6.03 Å². The second-order valence-electron chi connectivity index (χ2n) is 6.99. The van der Waals surface area contributed by atoms with E-state index in [0.29, 0.717) is 22.7 Å². The molecule has 4 rings (SSSR count). The van der Waals surface area contributed by atoms with Crippen molar-refractivity contribution in [3.63, 3.8) is 0 Å². The topological polar surface area (TPSA) is 141 Å². The maximum atomic E-state index is 13.0. The SMILES string of the molecule is COc1ccc(-c2noc(CN3C(=O)NC(C)(c4cccc([N+](=O)[O-])c4)C3=O)n2)cc1. The Kier molecular flexibility index (Phi) is 4.85. The lowest BCUT2D eigenvalue weighted by Gasteiger charge is -2.21. The molecule has 1 atom stereocenters. The summed E-state index contributed by atoms with van der Waals surface area (Å²) in [6.07, 6.45) is 0. The Morgan fingerprint density at radius 1 is 1.23 bits per heavy atom. The molecule has 0 spiro atoms. The summed E-state index contributed by atoms with van der Waals surface area (Å²) in [7, 11) is 1.56. The second kappa shape index (κ2) is 7.52. The number of urea groups is 1. The zero-order valence-corrected chi connectivity index (χ0v) is 16.6. The van der Waals surface area contributed by atoms with Gasteiger partial charge in [-0.05, 0) is 36.8 Å². The fraction of sp³-hybridized carbons (Fsp3) is 0.200. The number of non-ortho nitro benzene ring substituents is 1. The third kappa shape index (κ3) is 3.56. The van der Waals surface area contributed by atoms with Gasteiger partial charge in [0.2, 0.25) is 11.7 Å². The van der Waals surface area contributed by atoms with Gasteiger partial charge in [0, 0.05) is 17.7 Å². The zero-order chi connectivity index (χ0) is 22.2. The molecule has 11 nitrogen and oxygen atoms in total. The van der Waals surface area contributed by atoms with E-state index in [1.54, 1.807) is 37.4 Å². The van der Waals surface area contributed by atoms with Crippen molar-refractivity contribution in [2.75, 3.05) is 7.11 Å². The number of rotatable bonds is 6. The van der Waals surface area contributed by atoms with Crippen LogP contribution in [-0.4, -0.2) is 39.0 Å². The number of hydrogen-bond acceptors (Lipinski definition) is 8. The van der Waals surface area contributed by atoms with Crippen molar-refractivity contribution in [1.82, 2.24) is 20.4 Å². The molecule has 0 saturated carbocycles. The molecule has 3 aromatic rings. The third-order valence-electron chi connectivity index (χ3n) is 5.02. The molecule has 0 radical (unpaired) electrons. The molecule has 2 aromatic carbocycles. The van der Waals surface area contributed by atoms with E-state index in [1.165, 1.54) is 25.1 Å². The van der Waals surface area contributed by atoms with Crippen LogP contribution < -0.4 is 10.1 Å². The summed E-state index contributed by atoms with van der Waals surface area (Å²) in [5.74, 6) is 0.457. The highest BCUT2D eigenvalue weighted by Gasteiger charge is 2.49. The highest BCUT2D eigenvalue weighted by Crippen LogP contribution is 2.31. The maximum Gasteiger partial charge on any atom is 0.325 e. The molecule has 0 bridgehead atoms. The highest BCUT2D eigenvalue weighted by atomic mass is 16.6. The van der Waals surface area contributed by atoms with Gasteiger partial charge in [-0.1, -0.05) is 17.3 Å². The summed E-state index contributed by atoms with van der Waals surface area (Å²) in [6, 6.07) is 11.9. The number of ether oxygens (including phenoxy) is 1. The minimum atomic E-state index is -1.46. The Labute approximate surface area is 175 Å². The number of carbonyl (C=O) groups excluding carboxylic acids is 2. The van der Waals surface area contributed by atoms with Crippen LogP contribution >= 0.6 is 0 Å². The van der Waals surface area contributed by atoms with E-state index in [4.69, 9.17) is 9.26 Å². The summed E-state index contributed by atoms with van der Waals surface area (Å²) in [4.78, 5) is 41.2. The van der Waals surface area contributed by atoms with Crippen molar-refractivity contribution in [2.45, 2.75) is 19.0 Å². The minimum Gasteiger partial charge on any atom is -0.497 e. The molecule has 2 heterocycles. The van der Waals surface area contributed by atoms with Crippen LogP contribution in [0.4, 0.5) is 10.5 Å². The number of imide groups is 1. The standard InChI is InChI=1S/C20H17N5O6/c1-20(13-4-3-5-14(10-13)25(28)29)18(26)24(19(27)22-20)11-16-21-17(23-31-16)12-6-8-15(30-2)9-7-12/h3-10H,11H2,1-2H3,(H,22,27). The number of carbonyl (C=O) groups is 2. The number of nitro groups is 1. The molecule has 1 aliphatic heterocycles. The summed E-state index contributed by atoms with van der Waals surface area (Å²) in [5, 5.41) is 17.6. The van der Waals surface area contributed by atoms with Gasteiger partial charge in [0.25, 0.3) is 11.6 Å². The molecule has 3 amide bonds. The van der Waals surface area contributed by atoms with Crippen molar-refractivity contribution >= 4 is 17.6 Å². The molecule has 1 aliphatic rings. The molecular weight excluding hydrogens is 406 g/mol. The maximum absolute atomic E-state index is 13.0. The average Bonchev–Trinajstić information content (AvgIpc) is 3.33. The van der Waals surface area contributed by atoms with E-state index in [9.17, 15) is 19.7 Å². The quantitative estimate of drug-likeness (QED) is 0.362. The number of nitro benzene ring substituents is 1. The predicted octanol–water partition coefficient (Wildman–Crippen LogP) is 2.62. The smallest absolute Gasteiger partial charge is 0.325 e. The van der Waals surface area contributed by atoms with E-state index in [2.05, 4.69) is 15.5 Å². The van der Waals surface area contributed by atoms with Gasteiger partial charge in [-0.2, -0.15) is 4.98 Å². The van der Waals surface area contributed by atoms with Crippen molar-refractivity contribution in [2.24, 2.45) is 0 Å². The van der Waals surface area contributed by atoms with Gasteiger partial charge in [0.15, 0.2) is 0 Å². The average molecular weight is 423 g/mol. The first-order valence-electron chi connectivity index (χ1n) is 9.18. The highest BCUT2D eigenvalue weighted by molar-refractivity contribution is 6.07. The van der Waals surface area contributed by atoms with Crippen LogP contribution in [0.5, 0.6) is 5.75 Å². The van der Waals surface area contributed by atoms with Crippen LogP contribution in [0.1, 0.15) is 18.4 Å². The fourth-order valence-electron chi connectivity index (χ4n) is 3.28. The van der Waals surface area contributed by atoms with Gasteiger partial charge in [0.1, 0.15) is 17.8 Å². The Hall–Kier alpha value is -4.28. The van der Waals surface area contributed by atoms with E-state index < -0.39 is 22.4 Å². The van der Waals surface area contributed by atoms with E-state index in [-0.39, 0.29) is 18.1 Å². The first-order valence-corrected chi connectivity index (χ1v) is 9.18. The zero-order valence-electron chi connectivity index (χ0n) is 16.6. The Morgan fingerprint density at radius 2 is 1.97 bits per heavy atom. The van der Waals surface area contributed by atoms with Crippen molar-refractivity contribution in [3.8, 4) is 17.1 Å². The summed E-state index contributed by atoms with van der Waals surface area (Å²) < 4.78 is 10.3. The van der Waals surface area contributed by atoms with Crippen LogP contribution in [0.15, 0.2) is 53.1 Å². The van der Waals surface area contributed by atoms with Crippen molar-refractivity contribution in [1.29, 1.82) is 0 Å². The molecule has 11 heteroatoms. The van der Waals surface area contributed by atoms with Gasteiger partial charge in [0.05, 0.1) is 12.0 Å². The second-order valence-corrected chi connectivity index (χ2v) is 6.99. The van der Waals surface area contributed by atoms with E-state index in [1.807, 2.05) is 0 Å². The van der Waals surface area contributed by atoms with Gasteiger partial charge in [-0.15, -0.1) is 0 Å². The monoisotopic (exact) mass is 423 g/mol. The van der Waals surface area contributed by atoms with E-state index >= 15 is 0 Å². The number of nitrogens with one attached hydrogen (secondary N) is 1. The number of methoxy groups -OCH3 is 1. The fourth-order valence-corrected chi connectivity index (χ4v) is 3.28. The number of nitrogens with zero attached hydrogens (tertiary/aromatic N) is 4. The predicted molar refractivity (Wildman–Crippen MR) is 106 cm³/mol. The Bertz CT molecular complexity index is 1170. The molecule has 0 aliphatic carbocycles. The van der Waals surface area contributed by atoms with Crippen molar-refractivity contribution < 1.29 is 23.8 Å². The van der Waals surface area contributed by atoms with Crippen LogP contribution in [0.2, 0.25) is 0 Å². The molecule has 158 valence electrons. The van der Waals surface area contributed by atoms with Crippen LogP contribution in [0.25, 0.3) is 11.4 Å². The first kappa shape index (κ1) is 20.0. The lowest BCUT2D eigenvalue weighted by atomic mass is 9.91. The largest absolute Gasteiger partial charge is 0.497 e. The molecule has 1 unspecified atom stereocenters. The van der Waals surface area contributed by atoms with Gasteiger partial charge in [-0.25, -0.2) is 4.79 Å².